The lowest BCUT2D eigenvalue weighted by atomic mass is 9.94. The van der Waals surface area contributed by atoms with Gasteiger partial charge in [0.2, 0.25) is 0 Å². The van der Waals surface area contributed by atoms with Crippen LogP contribution in [0.5, 0.6) is 0 Å². The summed E-state index contributed by atoms with van der Waals surface area (Å²) in [6.45, 7) is 4.50. The summed E-state index contributed by atoms with van der Waals surface area (Å²) in [6.07, 6.45) is 9.84. The lowest BCUT2D eigenvalue weighted by molar-refractivity contribution is 0.184. The molecule has 1 N–H and O–H groups in total. The van der Waals surface area contributed by atoms with Crippen LogP contribution in [0, 0.1) is 6.92 Å². The molecule has 3 rings (SSSR count). The van der Waals surface area contributed by atoms with Crippen LogP contribution in [0.15, 0.2) is 6.07 Å². The van der Waals surface area contributed by atoms with E-state index in [0.29, 0.717) is 0 Å². The SMILES string of the molecule is Cc1sc(CNC2CC2)cc1CN(C)C1CCCCC1. The van der Waals surface area contributed by atoms with E-state index < -0.39 is 0 Å². The molecule has 2 saturated carbocycles. The number of thiophene rings is 1. The van der Waals surface area contributed by atoms with E-state index in [1.54, 1.807) is 5.56 Å². The minimum atomic E-state index is 0.811. The van der Waals surface area contributed by atoms with Crippen molar-refractivity contribution in [2.24, 2.45) is 0 Å². The number of rotatable bonds is 6. The molecule has 0 atom stereocenters. The Kier molecular flexibility index (Phi) is 4.79. The van der Waals surface area contributed by atoms with Crippen molar-refractivity contribution in [1.29, 1.82) is 0 Å². The van der Waals surface area contributed by atoms with Gasteiger partial charge in [-0.3, -0.25) is 4.90 Å². The van der Waals surface area contributed by atoms with Crippen LogP contribution in [0.25, 0.3) is 0 Å². The van der Waals surface area contributed by atoms with Crippen LogP contribution in [-0.2, 0) is 13.1 Å². The molecule has 2 aliphatic carbocycles. The molecule has 3 heteroatoms. The van der Waals surface area contributed by atoms with E-state index in [9.17, 15) is 0 Å². The molecule has 1 aromatic heterocycles. The lowest BCUT2D eigenvalue weighted by Crippen LogP contribution is -2.32. The first-order chi connectivity index (χ1) is 9.72. The third-order valence-electron chi connectivity index (χ3n) is 4.83. The van der Waals surface area contributed by atoms with Crippen molar-refractivity contribution in [3.05, 3.63) is 21.4 Å². The summed E-state index contributed by atoms with van der Waals surface area (Å²) in [5, 5.41) is 3.63. The van der Waals surface area contributed by atoms with Gasteiger partial charge in [0.05, 0.1) is 0 Å². The maximum Gasteiger partial charge on any atom is 0.0302 e. The van der Waals surface area contributed by atoms with Crippen molar-refractivity contribution in [2.45, 2.75) is 77.0 Å². The molecule has 0 amide bonds. The van der Waals surface area contributed by atoms with Crippen molar-refractivity contribution in [3.8, 4) is 0 Å². The monoisotopic (exact) mass is 292 g/mol. The van der Waals surface area contributed by atoms with Crippen LogP contribution < -0.4 is 5.32 Å². The lowest BCUT2D eigenvalue weighted by Gasteiger charge is -2.31. The maximum atomic E-state index is 3.63. The Bertz CT molecular complexity index is 430. The zero-order chi connectivity index (χ0) is 13.9. The Morgan fingerprint density at radius 1 is 1.20 bits per heavy atom. The first-order valence-electron chi connectivity index (χ1n) is 8.24. The average Bonchev–Trinajstić information content (AvgIpc) is 3.23. The molecule has 0 aliphatic heterocycles. The van der Waals surface area contributed by atoms with Crippen LogP contribution in [0.1, 0.15) is 60.3 Å². The first kappa shape index (κ1) is 14.6. The maximum absolute atomic E-state index is 3.63. The summed E-state index contributed by atoms with van der Waals surface area (Å²) >= 11 is 1.98. The molecule has 1 aromatic rings. The van der Waals surface area contributed by atoms with Crippen molar-refractivity contribution >= 4 is 11.3 Å². The zero-order valence-electron chi connectivity index (χ0n) is 13.0. The van der Waals surface area contributed by atoms with Gasteiger partial charge in [-0.15, -0.1) is 11.3 Å². The summed E-state index contributed by atoms with van der Waals surface area (Å²) in [5.74, 6) is 0. The molecule has 0 aromatic carbocycles. The molecule has 0 radical (unpaired) electrons. The second-order valence-electron chi connectivity index (χ2n) is 6.66. The number of hydrogen-bond acceptors (Lipinski definition) is 3. The Balaban J connectivity index is 1.55. The van der Waals surface area contributed by atoms with Gasteiger partial charge in [-0.25, -0.2) is 0 Å². The molecule has 0 spiro atoms. The van der Waals surface area contributed by atoms with Crippen LogP contribution in [0.2, 0.25) is 0 Å². The molecular formula is C17H28N2S. The van der Waals surface area contributed by atoms with Gasteiger partial charge in [0.1, 0.15) is 0 Å². The first-order valence-corrected chi connectivity index (χ1v) is 9.06. The highest BCUT2D eigenvalue weighted by atomic mass is 32.1. The molecule has 112 valence electrons. The van der Waals surface area contributed by atoms with Crippen LogP contribution in [0.3, 0.4) is 0 Å². The molecular weight excluding hydrogens is 264 g/mol. The third-order valence-corrected chi connectivity index (χ3v) is 5.92. The van der Waals surface area contributed by atoms with E-state index in [2.05, 4.69) is 30.3 Å². The van der Waals surface area contributed by atoms with Crippen molar-refractivity contribution in [1.82, 2.24) is 10.2 Å². The number of nitrogens with one attached hydrogen (secondary N) is 1. The van der Waals surface area contributed by atoms with Gasteiger partial charge in [0, 0.05) is 34.9 Å². The van der Waals surface area contributed by atoms with Gasteiger partial charge in [-0.2, -0.15) is 0 Å². The minimum Gasteiger partial charge on any atom is -0.309 e. The highest BCUT2D eigenvalue weighted by Gasteiger charge is 2.21. The quantitative estimate of drug-likeness (QED) is 0.850. The zero-order valence-corrected chi connectivity index (χ0v) is 13.8. The fourth-order valence-electron chi connectivity index (χ4n) is 3.28. The molecule has 0 bridgehead atoms. The largest absolute Gasteiger partial charge is 0.309 e. The Morgan fingerprint density at radius 2 is 1.95 bits per heavy atom. The van der Waals surface area contributed by atoms with Crippen molar-refractivity contribution in [3.63, 3.8) is 0 Å². The van der Waals surface area contributed by atoms with Crippen LogP contribution in [0.4, 0.5) is 0 Å². The van der Waals surface area contributed by atoms with Crippen LogP contribution in [-0.4, -0.2) is 24.0 Å². The highest BCUT2D eigenvalue weighted by Crippen LogP contribution is 2.27. The molecule has 1 heterocycles. The fraction of sp³-hybridized carbons (Fsp3) is 0.765. The molecule has 0 unspecified atom stereocenters. The summed E-state index contributed by atoms with van der Waals surface area (Å²) in [6, 6.07) is 4.07. The Labute approximate surface area is 127 Å². The number of hydrogen-bond donors (Lipinski definition) is 1. The summed E-state index contributed by atoms with van der Waals surface area (Å²) in [4.78, 5) is 5.62. The number of nitrogens with zero attached hydrogens (tertiary/aromatic N) is 1. The standard InChI is InChI=1S/C17H28N2S/c1-13-14(10-17(20-13)11-18-15-8-9-15)12-19(2)16-6-4-3-5-7-16/h10,15-16,18H,3-9,11-12H2,1-2H3. The minimum absolute atomic E-state index is 0.811. The normalized spacial score (nSPS) is 20.8. The number of aryl methyl sites for hydroxylation is 1. The van der Waals surface area contributed by atoms with Gasteiger partial charge in [-0.05, 0) is 51.3 Å². The second kappa shape index (κ2) is 6.59. The molecule has 0 saturated heterocycles. The third kappa shape index (κ3) is 3.84. The summed E-state index contributed by atoms with van der Waals surface area (Å²) < 4.78 is 0. The van der Waals surface area contributed by atoms with Crippen molar-refractivity contribution in [2.75, 3.05) is 7.05 Å². The van der Waals surface area contributed by atoms with Crippen LogP contribution >= 0.6 is 11.3 Å². The second-order valence-corrected chi connectivity index (χ2v) is 8.00. The molecule has 2 fully saturated rings. The predicted octanol–water partition coefficient (Wildman–Crippen LogP) is 4.07. The highest BCUT2D eigenvalue weighted by molar-refractivity contribution is 7.12. The van der Waals surface area contributed by atoms with Gasteiger partial charge in [0.15, 0.2) is 0 Å². The molecule has 2 aliphatic rings. The fourth-order valence-corrected chi connectivity index (χ4v) is 4.29. The van der Waals surface area contributed by atoms with E-state index in [0.717, 1.165) is 25.2 Å². The predicted molar refractivity (Wildman–Crippen MR) is 87.3 cm³/mol. The van der Waals surface area contributed by atoms with E-state index in [1.807, 2.05) is 11.3 Å². The van der Waals surface area contributed by atoms with E-state index in [1.165, 1.54) is 54.7 Å². The van der Waals surface area contributed by atoms with Gasteiger partial charge in [0.25, 0.3) is 0 Å². The van der Waals surface area contributed by atoms with Gasteiger partial charge in [-0.1, -0.05) is 19.3 Å². The smallest absolute Gasteiger partial charge is 0.0302 e. The van der Waals surface area contributed by atoms with E-state index in [4.69, 9.17) is 0 Å². The Hall–Kier alpha value is -0.380. The van der Waals surface area contributed by atoms with E-state index >= 15 is 0 Å². The summed E-state index contributed by atoms with van der Waals surface area (Å²) in [5.41, 5.74) is 1.55. The molecule has 20 heavy (non-hydrogen) atoms. The van der Waals surface area contributed by atoms with E-state index in [-0.39, 0.29) is 0 Å². The van der Waals surface area contributed by atoms with Gasteiger partial charge >= 0.3 is 0 Å². The van der Waals surface area contributed by atoms with Gasteiger partial charge < -0.3 is 5.32 Å². The summed E-state index contributed by atoms with van der Waals surface area (Å²) in [7, 11) is 2.31. The topological polar surface area (TPSA) is 15.3 Å². The molecule has 2 nitrogen and oxygen atoms in total. The van der Waals surface area contributed by atoms with Crippen molar-refractivity contribution < 1.29 is 0 Å². The Morgan fingerprint density at radius 3 is 2.65 bits per heavy atom. The average molecular weight is 292 g/mol.